The fourth-order valence-electron chi connectivity index (χ4n) is 2.92. The molecule has 0 spiro atoms. The highest BCUT2D eigenvalue weighted by molar-refractivity contribution is 8.15. The van der Waals surface area contributed by atoms with Gasteiger partial charge in [0.2, 0.25) is 5.91 Å². The molecule has 2 aromatic rings. The predicted molar refractivity (Wildman–Crippen MR) is 93.5 cm³/mol. The average molecular weight is 353 g/mol. The zero-order chi connectivity index (χ0) is 17.4. The van der Waals surface area contributed by atoms with Crippen molar-refractivity contribution in [3.8, 4) is 0 Å². The molecule has 3 atom stereocenters. The number of hydrogen-bond acceptors (Lipinski definition) is 5. The Kier molecular flexibility index (Phi) is 4.15. The fourth-order valence-corrected chi connectivity index (χ4v) is 3.78. The molecule has 3 unspecified atom stereocenters. The Balaban J connectivity index is 1.40. The number of epoxide rings is 1. The van der Waals surface area contributed by atoms with Gasteiger partial charge >= 0.3 is 0 Å². The van der Waals surface area contributed by atoms with Gasteiger partial charge in [0.15, 0.2) is 11.9 Å². The Morgan fingerprint density at radius 2 is 1.76 bits per heavy atom. The van der Waals surface area contributed by atoms with Crippen LogP contribution < -0.4 is 5.32 Å². The van der Waals surface area contributed by atoms with Crippen LogP contribution in [0.4, 0.5) is 4.79 Å². The van der Waals surface area contributed by atoms with Gasteiger partial charge < -0.3 is 4.74 Å². The predicted octanol–water partition coefficient (Wildman–Crippen LogP) is 2.90. The number of benzene rings is 2. The third-order valence-corrected chi connectivity index (χ3v) is 5.29. The molecule has 126 valence electrons. The van der Waals surface area contributed by atoms with E-state index in [1.54, 1.807) is 12.1 Å². The van der Waals surface area contributed by atoms with Crippen molar-refractivity contribution in [3.63, 3.8) is 0 Å². The molecule has 2 saturated heterocycles. The standard InChI is InChI=1S/C19H15NO4S/c21-15(17-16(24-17)13-4-2-1-3-5-13)12-8-6-11(7-9-12)10-14-18(22)20-19(23)25-14/h1-9,14,16-17H,10H2,(H,20,22,23). The van der Waals surface area contributed by atoms with E-state index >= 15 is 0 Å². The Morgan fingerprint density at radius 1 is 1.04 bits per heavy atom. The summed E-state index contributed by atoms with van der Waals surface area (Å²) in [6.07, 6.45) is -0.136. The molecule has 0 bridgehead atoms. The highest BCUT2D eigenvalue weighted by atomic mass is 32.2. The Bertz CT molecular complexity index is 834. The highest BCUT2D eigenvalue weighted by Crippen LogP contribution is 2.40. The van der Waals surface area contributed by atoms with E-state index in [4.69, 9.17) is 4.74 Å². The van der Waals surface area contributed by atoms with E-state index < -0.39 is 11.4 Å². The van der Waals surface area contributed by atoms with Crippen molar-refractivity contribution in [2.75, 3.05) is 0 Å². The monoisotopic (exact) mass is 353 g/mol. The van der Waals surface area contributed by atoms with Crippen molar-refractivity contribution in [3.05, 3.63) is 71.3 Å². The second kappa shape index (κ2) is 6.46. The van der Waals surface area contributed by atoms with Gasteiger partial charge in [-0.15, -0.1) is 0 Å². The second-order valence-corrected chi connectivity index (χ2v) is 7.21. The molecule has 2 aliphatic rings. The molecule has 6 heteroatoms. The Labute approximate surface area is 148 Å². The number of carbonyl (C=O) groups excluding carboxylic acids is 3. The van der Waals surface area contributed by atoms with Crippen molar-refractivity contribution in [1.82, 2.24) is 5.32 Å². The minimum Gasteiger partial charge on any atom is -0.356 e. The molecular formula is C19H15NO4S. The summed E-state index contributed by atoms with van der Waals surface area (Å²) in [5.74, 6) is -0.296. The fraction of sp³-hybridized carbons (Fsp3) is 0.211. The van der Waals surface area contributed by atoms with Crippen molar-refractivity contribution in [2.24, 2.45) is 0 Å². The van der Waals surface area contributed by atoms with Crippen LogP contribution in [0.1, 0.15) is 27.6 Å². The summed E-state index contributed by atoms with van der Waals surface area (Å²) in [7, 11) is 0. The van der Waals surface area contributed by atoms with Gasteiger partial charge in [0.25, 0.3) is 5.24 Å². The first-order valence-corrected chi connectivity index (χ1v) is 8.85. The van der Waals surface area contributed by atoms with E-state index in [0.717, 1.165) is 22.9 Å². The van der Waals surface area contributed by atoms with Crippen LogP contribution in [0.5, 0.6) is 0 Å². The van der Waals surface area contributed by atoms with Crippen LogP contribution >= 0.6 is 11.8 Å². The molecule has 0 aromatic heterocycles. The number of nitrogens with one attached hydrogen (secondary N) is 1. The summed E-state index contributed by atoms with van der Waals surface area (Å²) in [4.78, 5) is 35.3. The van der Waals surface area contributed by atoms with Crippen LogP contribution in [0.15, 0.2) is 54.6 Å². The lowest BCUT2D eigenvalue weighted by Crippen LogP contribution is -2.25. The lowest BCUT2D eigenvalue weighted by molar-refractivity contribution is -0.118. The number of ketones is 1. The first-order chi connectivity index (χ1) is 12.1. The first kappa shape index (κ1) is 16.1. The minimum absolute atomic E-state index is 0.0384. The number of thioether (sulfide) groups is 1. The van der Waals surface area contributed by atoms with Gasteiger partial charge in [-0.25, -0.2) is 0 Å². The second-order valence-electron chi connectivity index (χ2n) is 6.04. The summed E-state index contributed by atoms with van der Waals surface area (Å²) in [6.45, 7) is 0. The molecule has 2 fully saturated rings. The Hall–Kier alpha value is -2.44. The highest BCUT2D eigenvalue weighted by Gasteiger charge is 2.46. The zero-order valence-corrected chi connectivity index (χ0v) is 14.0. The number of imide groups is 1. The molecule has 25 heavy (non-hydrogen) atoms. The molecule has 2 heterocycles. The van der Waals surface area contributed by atoms with Crippen LogP contribution in [-0.2, 0) is 16.0 Å². The number of ether oxygens (including phenoxy) is 1. The minimum atomic E-state index is -0.429. The quantitative estimate of drug-likeness (QED) is 0.661. The SMILES string of the molecule is O=C1NC(=O)C(Cc2ccc(C(=O)C3OC3c3ccccc3)cc2)S1. The molecule has 0 aliphatic carbocycles. The normalized spacial score (nSPS) is 24.9. The molecule has 2 amide bonds. The number of Topliss-reactive ketones (excluding diaryl/α,β-unsaturated/α-hetero) is 1. The average Bonchev–Trinajstić information content (AvgIpc) is 3.36. The number of carbonyl (C=O) groups is 3. The van der Waals surface area contributed by atoms with Gasteiger partial charge in [0.05, 0.1) is 5.25 Å². The largest absolute Gasteiger partial charge is 0.356 e. The third-order valence-electron chi connectivity index (χ3n) is 4.30. The molecule has 2 aromatic carbocycles. The van der Waals surface area contributed by atoms with Gasteiger partial charge in [-0.1, -0.05) is 66.4 Å². The van der Waals surface area contributed by atoms with Gasteiger partial charge in [-0.2, -0.15) is 0 Å². The van der Waals surface area contributed by atoms with Gasteiger partial charge in [-0.05, 0) is 17.5 Å². The lowest BCUT2D eigenvalue weighted by atomic mass is 10.0. The van der Waals surface area contributed by atoms with E-state index in [1.807, 2.05) is 42.5 Å². The first-order valence-electron chi connectivity index (χ1n) is 7.97. The van der Waals surface area contributed by atoms with E-state index in [1.165, 1.54) is 0 Å². The van der Waals surface area contributed by atoms with Gasteiger partial charge in [-0.3, -0.25) is 19.7 Å². The van der Waals surface area contributed by atoms with Crippen LogP contribution in [0.3, 0.4) is 0 Å². The summed E-state index contributed by atoms with van der Waals surface area (Å²) < 4.78 is 5.54. The maximum absolute atomic E-state index is 12.5. The van der Waals surface area contributed by atoms with E-state index in [0.29, 0.717) is 12.0 Å². The number of amides is 2. The summed E-state index contributed by atoms with van der Waals surface area (Å²) in [5, 5.41) is 1.57. The van der Waals surface area contributed by atoms with Crippen LogP contribution in [0, 0.1) is 0 Å². The van der Waals surface area contributed by atoms with E-state index in [-0.39, 0.29) is 23.0 Å². The van der Waals surface area contributed by atoms with E-state index in [2.05, 4.69) is 5.32 Å². The summed E-state index contributed by atoms with van der Waals surface area (Å²) >= 11 is 1.01. The summed E-state index contributed by atoms with van der Waals surface area (Å²) in [5.41, 5.74) is 2.51. The number of rotatable bonds is 5. The maximum Gasteiger partial charge on any atom is 0.286 e. The molecule has 0 saturated carbocycles. The molecular weight excluding hydrogens is 338 g/mol. The third kappa shape index (κ3) is 3.36. The van der Waals surface area contributed by atoms with Crippen LogP contribution in [0.25, 0.3) is 0 Å². The smallest absolute Gasteiger partial charge is 0.286 e. The molecule has 4 rings (SSSR count). The lowest BCUT2D eigenvalue weighted by Gasteiger charge is -2.06. The van der Waals surface area contributed by atoms with Crippen molar-refractivity contribution < 1.29 is 19.1 Å². The molecule has 0 radical (unpaired) electrons. The van der Waals surface area contributed by atoms with Crippen LogP contribution in [-0.4, -0.2) is 28.3 Å². The summed E-state index contributed by atoms with van der Waals surface area (Å²) in [6, 6.07) is 16.8. The number of hydrogen-bond donors (Lipinski definition) is 1. The van der Waals surface area contributed by atoms with Crippen molar-refractivity contribution in [1.29, 1.82) is 0 Å². The van der Waals surface area contributed by atoms with Crippen molar-refractivity contribution >= 4 is 28.7 Å². The van der Waals surface area contributed by atoms with Gasteiger partial charge in [0.1, 0.15) is 6.10 Å². The van der Waals surface area contributed by atoms with Crippen molar-refractivity contribution in [2.45, 2.75) is 23.9 Å². The van der Waals surface area contributed by atoms with Gasteiger partial charge in [0, 0.05) is 5.56 Å². The zero-order valence-electron chi connectivity index (χ0n) is 13.2. The molecule has 1 N–H and O–H groups in total. The Morgan fingerprint density at radius 3 is 2.40 bits per heavy atom. The topological polar surface area (TPSA) is 75.8 Å². The van der Waals surface area contributed by atoms with Crippen LogP contribution in [0.2, 0.25) is 0 Å². The maximum atomic E-state index is 12.5. The molecule has 2 aliphatic heterocycles. The molecule has 5 nitrogen and oxygen atoms in total. The van der Waals surface area contributed by atoms with E-state index in [9.17, 15) is 14.4 Å².